The fraction of sp³-hybridized carbons (Fsp3) is 0.478. The Bertz CT molecular complexity index is 2000. The summed E-state index contributed by atoms with van der Waals surface area (Å²) in [5.74, 6) is 0.471. The number of anilines is 1. The van der Waals surface area contributed by atoms with E-state index in [4.69, 9.17) is 34.8 Å². The number of nitrogens with zero attached hydrogens (tertiary/aromatic N) is 6. The third-order valence-corrected chi connectivity index (χ3v) is 11.8. The number of hydrogen-bond acceptors (Lipinski definition) is 10. The number of hydrogen-bond donors (Lipinski definition) is 3. The van der Waals surface area contributed by atoms with Gasteiger partial charge in [0.05, 0.1) is 33.9 Å². The predicted octanol–water partition coefficient (Wildman–Crippen LogP) is 8.89. The zero-order valence-corrected chi connectivity index (χ0v) is 39.1. The van der Waals surface area contributed by atoms with Gasteiger partial charge >= 0.3 is 0 Å². The summed E-state index contributed by atoms with van der Waals surface area (Å²) in [6.07, 6.45) is 23.8. The van der Waals surface area contributed by atoms with E-state index in [9.17, 15) is 24.0 Å². The lowest BCUT2D eigenvalue weighted by atomic mass is 10.1. The number of carbonyl (C=O) groups excluding carboxylic acids is 5. The molecule has 1 aromatic carbocycles. The molecular formula is C46H62Cl3N9O5. The zero-order valence-electron chi connectivity index (χ0n) is 36.8. The molecule has 2 aliphatic rings. The average molecular weight is 927 g/mol. The summed E-state index contributed by atoms with van der Waals surface area (Å²) in [4.78, 5) is 65.8. The van der Waals surface area contributed by atoms with E-state index >= 15 is 0 Å². The first-order valence-electron chi connectivity index (χ1n) is 21.5. The number of carbonyl (C=O) groups is 5. The topological polar surface area (TPSA) is 172 Å². The fourth-order valence-corrected chi connectivity index (χ4v) is 7.79. The lowest BCUT2D eigenvalue weighted by Gasteiger charge is -2.28. The van der Waals surface area contributed by atoms with Crippen molar-refractivity contribution in [3.63, 3.8) is 0 Å². The Kier molecular flexibility index (Phi) is 24.5. The maximum atomic E-state index is 11.6. The molecule has 0 bridgehead atoms. The van der Waals surface area contributed by atoms with E-state index in [2.05, 4.69) is 43.0 Å². The van der Waals surface area contributed by atoms with E-state index in [1.807, 2.05) is 36.3 Å². The van der Waals surface area contributed by atoms with Crippen molar-refractivity contribution in [1.82, 2.24) is 40.2 Å². The minimum atomic E-state index is -0.270. The van der Waals surface area contributed by atoms with Crippen LogP contribution < -0.4 is 16.0 Å². The highest BCUT2D eigenvalue weighted by Crippen LogP contribution is 2.39. The van der Waals surface area contributed by atoms with Crippen LogP contribution in [0.15, 0.2) is 61.2 Å². The van der Waals surface area contributed by atoms with Crippen LogP contribution in [0.25, 0.3) is 11.1 Å². The molecule has 17 heteroatoms. The molecule has 2 saturated heterocycles. The molecule has 3 amide bonds. The molecule has 63 heavy (non-hydrogen) atoms. The van der Waals surface area contributed by atoms with Gasteiger partial charge in [-0.2, -0.15) is 5.10 Å². The number of benzene rings is 1. The van der Waals surface area contributed by atoms with Crippen LogP contribution in [0.4, 0.5) is 5.82 Å². The second-order valence-corrected chi connectivity index (χ2v) is 16.5. The first-order chi connectivity index (χ1) is 30.5. The van der Waals surface area contributed by atoms with E-state index in [1.165, 1.54) is 38.5 Å². The van der Waals surface area contributed by atoms with Crippen LogP contribution in [0.5, 0.6) is 0 Å². The van der Waals surface area contributed by atoms with Crippen LogP contribution in [0, 0.1) is 0 Å². The van der Waals surface area contributed by atoms with Gasteiger partial charge in [0.15, 0.2) is 6.29 Å². The zero-order chi connectivity index (χ0) is 46.0. The molecule has 1 unspecified atom stereocenters. The summed E-state index contributed by atoms with van der Waals surface area (Å²) in [6.45, 7) is 3.03. The van der Waals surface area contributed by atoms with Crippen LogP contribution in [0.2, 0.25) is 15.1 Å². The minimum absolute atomic E-state index is 0.230. The highest BCUT2D eigenvalue weighted by molar-refractivity contribution is 6.45. The number of rotatable bonds is 18. The molecule has 3 N–H and O–H groups in total. The Morgan fingerprint density at radius 2 is 1.57 bits per heavy atom. The number of pyridine rings is 2. The highest BCUT2D eigenvalue weighted by Gasteiger charge is 2.28. The van der Waals surface area contributed by atoms with E-state index in [1.54, 1.807) is 55.7 Å². The van der Waals surface area contributed by atoms with Gasteiger partial charge < -0.3 is 30.5 Å². The maximum Gasteiger partial charge on any atom is 0.269 e. The summed E-state index contributed by atoms with van der Waals surface area (Å²) >= 11 is 18.3. The second kappa shape index (κ2) is 29.5. The van der Waals surface area contributed by atoms with Crippen LogP contribution in [0.3, 0.4) is 0 Å². The van der Waals surface area contributed by atoms with Gasteiger partial charge in [-0.05, 0) is 88.1 Å². The molecule has 2 aliphatic heterocycles. The fourth-order valence-electron chi connectivity index (χ4n) is 7.09. The molecule has 0 radical (unpaired) electrons. The number of amides is 3. The Balaban J connectivity index is 0.000000228. The summed E-state index contributed by atoms with van der Waals surface area (Å²) < 4.78 is 1.93. The number of nitrogens with one attached hydrogen (secondary N) is 3. The predicted molar refractivity (Wildman–Crippen MR) is 252 cm³/mol. The van der Waals surface area contributed by atoms with E-state index in [0.717, 1.165) is 82.7 Å². The minimum Gasteiger partial charge on any atom is -0.373 e. The summed E-state index contributed by atoms with van der Waals surface area (Å²) in [5.41, 5.74) is 3.46. The van der Waals surface area contributed by atoms with Crippen LogP contribution in [0.1, 0.15) is 122 Å². The molecule has 0 spiro atoms. The molecule has 14 nitrogen and oxygen atoms in total. The van der Waals surface area contributed by atoms with E-state index in [-0.39, 0.29) is 17.9 Å². The summed E-state index contributed by atoms with van der Waals surface area (Å²) in [7, 11) is 7.24. The van der Waals surface area contributed by atoms with Gasteiger partial charge in [-0.25, -0.2) is 4.98 Å². The van der Waals surface area contributed by atoms with Crippen LogP contribution in [-0.4, -0.2) is 108 Å². The molecule has 6 rings (SSSR count). The molecular weight excluding hydrogens is 865 g/mol. The molecule has 342 valence electrons. The first kappa shape index (κ1) is 52.5. The average Bonchev–Trinajstić information content (AvgIpc) is 3.93. The third-order valence-electron chi connectivity index (χ3n) is 10.7. The van der Waals surface area contributed by atoms with Crippen molar-refractivity contribution >= 4 is 71.4 Å². The van der Waals surface area contributed by atoms with Crippen molar-refractivity contribution in [2.24, 2.45) is 0 Å². The number of piperidine rings is 1. The van der Waals surface area contributed by atoms with Crippen LogP contribution >= 0.6 is 34.8 Å². The summed E-state index contributed by atoms with van der Waals surface area (Å²) in [5, 5.41) is 13.5. The highest BCUT2D eigenvalue weighted by atomic mass is 35.5. The molecule has 0 aliphatic carbocycles. The van der Waals surface area contributed by atoms with Crippen molar-refractivity contribution in [2.75, 3.05) is 53.1 Å². The van der Waals surface area contributed by atoms with Crippen molar-refractivity contribution in [2.45, 2.75) is 95.6 Å². The summed E-state index contributed by atoms with van der Waals surface area (Å²) in [6, 6.07) is 11.3. The quantitative estimate of drug-likeness (QED) is 0.0497. The van der Waals surface area contributed by atoms with E-state index in [0.29, 0.717) is 55.7 Å². The molecule has 0 saturated carbocycles. The SMILES string of the molecule is CN1C(=O)CCC1c1cccnc1.CN1CCC(n2cc(C=O)cn2)CC1.CNC(=O)c1ccc(-c2cc(Cl)cc(Cl)c2Cl)c(NC)n1.O=CCCCCCCCCCCNC=O. The molecule has 3 aromatic heterocycles. The Labute approximate surface area is 386 Å². The Morgan fingerprint density at radius 3 is 2.14 bits per heavy atom. The van der Waals surface area contributed by atoms with Gasteiger partial charge in [0.2, 0.25) is 12.3 Å². The van der Waals surface area contributed by atoms with Gasteiger partial charge in [-0.1, -0.05) is 79.4 Å². The largest absolute Gasteiger partial charge is 0.373 e. The number of unbranched alkanes of at least 4 members (excludes halogenated alkanes) is 8. The number of aromatic nitrogens is 4. The van der Waals surface area contributed by atoms with Crippen molar-refractivity contribution in [3.05, 3.63) is 93.1 Å². The van der Waals surface area contributed by atoms with Gasteiger partial charge in [-0.3, -0.25) is 28.8 Å². The normalized spacial score (nSPS) is 14.8. The van der Waals surface area contributed by atoms with Crippen molar-refractivity contribution < 1.29 is 24.0 Å². The third kappa shape index (κ3) is 18.0. The maximum absolute atomic E-state index is 11.6. The monoisotopic (exact) mass is 925 g/mol. The van der Waals surface area contributed by atoms with Gasteiger partial charge in [0.1, 0.15) is 17.8 Å². The molecule has 5 heterocycles. The lowest BCUT2D eigenvalue weighted by Crippen LogP contribution is -2.31. The number of likely N-dealkylation sites (tertiary alicyclic amines) is 2. The van der Waals surface area contributed by atoms with Gasteiger partial charge in [-0.15, -0.1) is 0 Å². The van der Waals surface area contributed by atoms with Gasteiger partial charge in [0.25, 0.3) is 5.91 Å². The molecule has 2 fully saturated rings. The molecule has 4 aromatic rings. The Hall–Kier alpha value is -4.89. The number of aldehydes is 2. The van der Waals surface area contributed by atoms with Crippen molar-refractivity contribution in [1.29, 1.82) is 0 Å². The first-order valence-corrected chi connectivity index (χ1v) is 22.6. The lowest BCUT2D eigenvalue weighted by molar-refractivity contribution is -0.127. The Morgan fingerprint density at radius 1 is 0.873 bits per heavy atom. The van der Waals surface area contributed by atoms with Crippen molar-refractivity contribution in [3.8, 4) is 11.1 Å². The number of halogens is 3. The standard InChI is InChI=1S/C14H12Cl3N3O.C12H23NO2.C10H15N3O.C10H12N2O/c1-18-13-8(3-4-11(20-13)14(21)19-2)9-5-7(15)6-10(16)12(9)17;14-11-9-7-5-3-1-2-4-6-8-10-13-12-15;1-12-4-2-10(3-5-12)13-7-9(8-14)6-11-13;1-12-9(4-5-10(12)13)8-3-2-6-11-7-8/h3-6H,1-2H3,(H,18,20)(H,19,21);11-12H,1-10H2,(H,13,15);6-8,10H,2-5H2,1H3;2-3,6-7,9H,4-5H2,1H3. The second-order valence-electron chi connectivity index (χ2n) is 15.3. The smallest absolute Gasteiger partial charge is 0.269 e. The van der Waals surface area contributed by atoms with E-state index < -0.39 is 0 Å². The molecule has 1 atom stereocenters. The van der Waals surface area contributed by atoms with Crippen LogP contribution in [-0.2, 0) is 14.4 Å². The van der Waals surface area contributed by atoms with Gasteiger partial charge in [0, 0.05) is 75.3 Å².